The molecule has 0 saturated carbocycles. The second-order valence-electron chi connectivity index (χ2n) is 5.61. The SMILES string of the molecule is CCCCc1oc2ccccc2c1C(=O)c1c(Br)cc(O)cc1Br. The Morgan fingerprint density at radius 1 is 1.12 bits per heavy atom. The third-order valence-electron chi connectivity index (χ3n) is 3.91. The van der Waals surface area contributed by atoms with Gasteiger partial charge in [0.2, 0.25) is 0 Å². The normalized spacial score (nSPS) is 11.1. The third-order valence-corrected chi connectivity index (χ3v) is 5.16. The fraction of sp³-hybridized carbons (Fsp3) is 0.211. The number of fused-ring (bicyclic) bond motifs is 1. The van der Waals surface area contributed by atoms with Crippen LogP contribution in [0, 0.1) is 0 Å². The number of phenols is 1. The van der Waals surface area contributed by atoms with Gasteiger partial charge in [0.25, 0.3) is 0 Å². The Morgan fingerprint density at radius 3 is 2.46 bits per heavy atom. The lowest BCUT2D eigenvalue weighted by Gasteiger charge is -2.08. The van der Waals surface area contributed by atoms with Crippen molar-refractivity contribution in [1.29, 1.82) is 0 Å². The molecule has 2 aromatic carbocycles. The Balaban J connectivity index is 2.19. The molecule has 0 fully saturated rings. The number of rotatable bonds is 5. The second-order valence-corrected chi connectivity index (χ2v) is 7.32. The van der Waals surface area contributed by atoms with Gasteiger partial charge in [-0.3, -0.25) is 4.79 Å². The molecule has 0 atom stereocenters. The van der Waals surface area contributed by atoms with Crippen LogP contribution in [0.1, 0.15) is 41.4 Å². The van der Waals surface area contributed by atoms with Gasteiger partial charge in [0.05, 0.1) is 11.1 Å². The lowest BCUT2D eigenvalue weighted by Crippen LogP contribution is -2.06. The summed E-state index contributed by atoms with van der Waals surface area (Å²) in [4.78, 5) is 13.3. The molecule has 0 spiro atoms. The van der Waals surface area contributed by atoms with Gasteiger partial charge in [0.15, 0.2) is 5.78 Å². The van der Waals surface area contributed by atoms with Gasteiger partial charge >= 0.3 is 0 Å². The minimum absolute atomic E-state index is 0.0913. The van der Waals surface area contributed by atoms with Crippen LogP contribution in [-0.2, 0) is 6.42 Å². The van der Waals surface area contributed by atoms with Crippen LogP contribution >= 0.6 is 31.9 Å². The molecule has 0 amide bonds. The number of aryl methyl sites for hydroxylation is 1. The molecule has 24 heavy (non-hydrogen) atoms. The fourth-order valence-corrected chi connectivity index (χ4v) is 4.28. The molecule has 0 aliphatic heterocycles. The standard InChI is InChI=1S/C19H16Br2O3/c1-2-3-7-16-17(12-6-4-5-8-15(12)24-16)19(23)18-13(20)9-11(22)10-14(18)21/h4-6,8-10,22H,2-3,7H2,1H3. The van der Waals surface area contributed by atoms with E-state index in [-0.39, 0.29) is 11.5 Å². The number of benzene rings is 2. The van der Waals surface area contributed by atoms with E-state index in [1.54, 1.807) is 0 Å². The summed E-state index contributed by atoms with van der Waals surface area (Å²) >= 11 is 6.77. The highest BCUT2D eigenvalue weighted by molar-refractivity contribution is 9.11. The quantitative estimate of drug-likeness (QED) is 0.467. The van der Waals surface area contributed by atoms with Gasteiger partial charge in [-0.05, 0) is 56.5 Å². The zero-order valence-electron chi connectivity index (χ0n) is 13.1. The molecule has 3 aromatic rings. The Morgan fingerprint density at radius 2 is 1.79 bits per heavy atom. The van der Waals surface area contributed by atoms with Crippen molar-refractivity contribution in [2.45, 2.75) is 26.2 Å². The molecule has 0 saturated heterocycles. The van der Waals surface area contributed by atoms with Crippen molar-refractivity contribution in [3.05, 3.63) is 62.2 Å². The average molecular weight is 452 g/mol. The van der Waals surface area contributed by atoms with Crippen molar-refractivity contribution >= 4 is 48.6 Å². The predicted molar refractivity (Wildman–Crippen MR) is 102 cm³/mol. The number of unbranched alkanes of at least 4 members (excludes halogenated alkanes) is 1. The van der Waals surface area contributed by atoms with E-state index in [2.05, 4.69) is 38.8 Å². The Labute approximate surface area is 156 Å². The fourth-order valence-electron chi connectivity index (χ4n) is 2.76. The zero-order chi connectivity index (χ0) is 17.3. The molecule has 0 aliphatic carbocycles. The van der Waals surface area contributed by atoms with Crippen LogP contribution in [0.2, 0.25) is 0 Å². The van der Waals surface area contributed by atoms with Crippen LogP contribution in [0.15, 0.2) is 49.8 Å². The molecule has 3 rings (SSSR count). The van der Waals surface area contributed by atoms with E-state index >= 15 is 0 Å². The molecule has 124 valence electrons. The molecular formula is C19H16Br2O3. The Bertz CT molecular complexity index is 889. The number of carbonyl (C=O) groups excluding carboxylic acids is 1. The summed E-state index contributed by atoms with van der Waals surface area (Å²) in [6.45, 7) is 2.11. The highest BCUT2D eigenvalue weighted by Gasteiger charge is 2.25. The van der Waals surface area contributed by atoms with E-state index in [1.165, 1.54) is 12.1 Å². The van der Waals surface area contributed by atoms with Crippen LogP contribution in [0.25, 0.3) is 11.0 Å². The molecule has 5 heteroatoms. The Hall–Kier alpha value is -1.59. The van der Waals surface area contributed by atoms with Crippen LogP contribution in [0.5, 0.6) is 5.75 Å². The molecule has 0 unspecified atom stereocenters. The monoisotopic (exact) mass is 450 g/mol. The third kappa shape index (κ3) is 3.15. The van der Waals surface area contributed by atoms with Crippen LogP contribution in [-0.4, -0.2) is 10.9 Å². The minimum Gasteiger partial charge on any atom is -0.508 e. The van der Waals surface area contributed by atoms with Crippen molar-refractivity contribution in [1.82, 2.24) is 0 Å². The van der Waals surface area contributed by atoms with Crippen LogP contribution in [0.4, 0.5) is 0 Å². The second kappa shape index (κ2) is 7.11. The van der Waals surface area contributed by atoms with Gasteiger partial charge in [-0.1, -0.05) is 31.5 Å². The maximum Gasteiger partial charge on any atom is 0.199 e. The number of furan rings is 1. The maximum atomic E-state index is 13.3. The van der Waals surface area contributed by atoms with Gasteiger partial charge in [0, 0.05) is 20.8 Å². The summed E-state index contributed by atoms with van der Waals surface area (Å²) in [6.07, 6.45) is 2.70. The van der Waals surface area contributed by atoms with Crippen LogP contribution < -0.4 is 0 Å². The van der Waals surface area contributed by atoms with Crippen LogP contribution in [0.3, 0.4) is 0 Å². The van der Waals surface area contributed by atoms with E-state index in [1.807, 2.05) is 24.3 Å². The molecule has 1 N–H and O–H groups in total. The highest BCUT2D eigenvalue weighted by Crippen LogP contribution is 2.36. The lowest BCUT2D eigenvalue weighted by molar-refractivity contribution is 0.103. The maximum absolute atomic E-state index is 13.3. The number of halogens is 2. The molecular weight excluding hydrogens is 436 g/mol. The summed E-state index contributed by atoms with van der Waals surface area (Å²) in [5.41, 5.74) is 1.81. The molecule has 0 aliphatic rings. The Kier molecular flexibility index (Phi) is 5.11. The molecule has 1 aromatic heterocycles. The summed E-state index contributed by atoms with van der Waals surface area (Å²) in [6, 6.07) is 10.6. The number of aromatic hydroxyl groups is 1. The molecule has 0 radical (unpaired) electrons. The average Bonchev–Trinajstić information content (AvgIpc) is 2.90. The van der Waals surface area contributed by atoms with Gasteiger partial charge in [0.1, 0.15) is 17.1 Å². The topological polar surface area (TPSA) is 50.4 Å². The first kappa shape index (κ1) is 17.2. The number of hydrogen-bond acceptors (Lipinski definition) is 3. The molecule has 0 bridgehead atoms. The molecule has 1 heterocycles. The first-order valence-electron chi connectivity index (χ1n) is 7.76. The smallest absolute Gasteiger partial charge is 0.199 e. The summed E-state index contributed by atoms with van der Waals surface area (Å²) < 4.78 is 7.04. The lowest BCUT2D eigenvalue weighted by atomic mass is 9.98. The summed E-state index contributed by atoms with van der Waals surface area (Å²) in [5, 5.41) is 10.5. The number of ketones is 1. The van der Waals surface area contributed by atoms with Crippen molar-refractivity contribution in [3.63, 3.8) is 0 Å². The van der Waals surface area contributed by atoms with Crippen molar-refractivity contribution < 1.29 is 14.3 Å². The highest BCUT2D eigenvalue weighted by atomic mass is 79.9. The largest absolute Gasteiger partial charge is 0.508 e. The van der Waals surface area contributed by atoms with E-state index in [0.717, 1.165) is 36.0 Å². The predicted octanol–water partition coefficient (Wildman–Crippen LogP) is 6.24. The van der Waals surface area contributed by atoms with Gasteiger partial charge in [-0.25, -0.2) is 0 Å². The van der Waals surface area contributed by atoms with Gasteiger partial charge in [-0.15, -0.1) is 0 Å². The first-order valence-corrected chi connectivity index (χ1v) is 9.34. The number of para-hydroxylation sites is 1. The number of carbonyl (C=O) groups is 1. The van der Waals surface area contributed by atoms with E-state index in [0.29, 0.717) is 20.1 Å². The van der Waals surface area contributed by atoms with Gasteiger partial charge in [-0.2, -0.15) is 0 Å². The van der Waals surface area contributed by atoms with Crippen molar-refractivity contribution in [2.75, 3.05) is 0 Å². The first-order chi connectivity index (χ1) is 11.5. The van der Waals surface area contributed by atoms with Gasteiger partial charge < -0.3 is 9.52 Å². The minimum atomic E-state index is -0.121. The summed E-state index contributed by atoms with van der Waals surface area (Å²) in [5.74, 6) is 0.688. The molecule has 3 nitrogen and oxygen atoms in total. The zero-order valence-corrected chi connectivity index (χ0v) is 16.3. The van der Waals surface area contributed by atoms with Crippen molar-refractivity contribution in [2.24, 2.45) is 0 Å². The number of hydrogen-bond donors (Lipinski definition) is 1. The van der Waals surface area contributed by atoms with E-state index in [4.69, 9.17) is 4.42 Å². The summed E-state index contributed by atoms with van der Waals surface area (Å²) in [7, 11) is 0. The van der Waals surface area contributed by atoms with E-state index < -0.39 is 0 Å². The van der Waals surface area contributed by atoms with E-state index in [9.17, 15) is 9.90 Å². The number of phenolic OH excluding ortho intramolecular Hbond substituents is 1. The van der Waals surface area contributed by atoms with Crippen molar-refractivity contribution in [3.8, 4) is 5.75 Å².